The third kappa shape index (κ3) is 1.65. The van der Waals surface area contributed by atoms with Crippen molar-refractivity contribution in [3.8, 4) is 0 Å². The molecule has 0 amide bonds. The fraction of sp³-hybridized carbons (Fsp3) is 0.909. The first-order valence-corrected chi connectivity index (χ1v) is 5.48. The van der Waals surface area contributed by atoms with E-state index in [2.05, 4.69) is 11.9 Å². The first kappa shape index (κ1) is 9.97. The Morgan fingerprint density at radius 3 is 2.36 bits per heavy atom. The van der Waals surface area contributed by atoms with E-state index in [0.717, 1.165) is 13.1 Å². The molecule has 1 saturated heterocycles. The van der Waals surface area contributed by atoms with E-state index in [1.807, 2.05) is 0 Å². The van der Waals surface area contributed by atoms with Gasteiger partial charge in [0.15, 0.2) is 0 Å². The number of nitrogens with zero attached hydrogens (tertiary/aromatic N) is 1. The maximum Gasteiger partial charge on any atom is 0.309 e. The number of ether oxygens (including phenoxy) is 1. The van der Waals surface area contributed by atoms with Crippen LogP contribution in [0.2, 0.25) is 0 Å². The van der Waals surface area contributed by atoms with Crippen LogP contribution in [0.25, 0.3) is 0 Å². The van der Waals surface area contributed by atoms with Gasteiger partial charge in [-0.15, -0.1) is 0 Å². The number of methoxy groups -OCH3 is 1. The Labute approximate surface area is 85.4 Å². The first-order chi connectivity index (χ1) is 6.72. The highest BCUT2D eigenvalue weighted by molar-refractivity contribution is 5.73. The van der Waals surface area contributed by atoms with Crippen molar-refractivity contribution in [3.63, 3.8) is 0 Å². The monoisotopic (exact) mass is 197 g/mol. The van der Waals surface area contributed by atoms with Gasteiger partial charge in [0.2, 0.25) is 0 Å². The predicted octanol–water partition coefficient (Wildman–Crippen LogP) is 1.14. The lowest BCUT2D eigenvalue weighted by Gasteiger charge is -2.44. The Morgan fingerprint density at radius 2 is 1.86 bits per heavy atom. The minimum Gasteiger partial charge on any atom is -0.469 e. The molecular formula is C11H19NO2. The minimum absolute atomic E-state index is 0.0211. The lowest BCUT2D eigenvalue weighted by atomic mass is 9.69. The maximum absolute atomic E-state index is 11.6. The van der Waals surface area contributed by atoms with Gasteiger partial charge in [0.25, 0.3) is 0 Å². The Kier molecular flexibility index (Phi) is 2.77. The lowest BCUT2D eigenvalue weighted by Crippen LogP contribution is -2.50. The summed E-state index contributed by atoms with van der Waals surface area (Å²) in [5.41, 5.74) is 0. The van der Waals surface area contributed by atoms with Crippen LogP contribution in [-0.2, 0) is 9.53 Å². The average Bonchev–Trinajstić information content (AvgIpc) is 2.15. The van der Waals surface area contributed by atoms with Crippen molar-refractivity contribution >= 4 is 5.97 Å². The van der Waals surface area contributed by atoms with Gasteiger partial charge in [0.05, 0.1) is 13.0 Å². The van der Waals surface area contributed by atoms with Crippen LogP contribution < -0.4 is 0 Å². The van der Waals surface area contributed by atoms with E-state index < -0.39 is 0 Å². The molecule has 3 nitrogen and oxygen atoms in total. The van der Waals surface area contributed by atoms with Gasteiger partial charge in [-0.25, -0.2) is 0 Å². The molecule has 2 rings (SSSR count). The number of carbonyl (C=O) groups excluding carboxylic acids is 1. The molecule has 14 heavy (non-hydrogen) atoms. The molecule has 3 heteroatoms. The van der Waals surface area contributed by atoms with E-state index in [-0.39, 0.29) is 11.9 Å². The van der Waals surface area contributed by atoms with Crippen LogP contribution in [0.1, 0.15) is 19.3 Å². The van der Waals surface area contributed by atoms with Crippen LogP contribution >= 0.6 is 0 Å². The largest absolute Gasteiger partial charge is 0.469 e. The SMILES string of the molecule is COC(=O)C1C2CCCC1CN(C)C2. The number of fused-ring (bicyclic) bond motifs is 2. The fourth-order valence-corrected chi connectivity index (χ4v) is 3.19. The second-order valence-corrected chi connectivity index (χ2v) is 4.72. The number of esters is 1. The minimum atomic E-state index is 0.0211. The van der Waals surface area contributed by atoms with Crippen LogP contribution in [0.3, 0.4) is 0 Å². The van der Waals surface area contributed by atoms with Gasteiger partial charge in [0, 0.05) is 13.1 Å². The third-order valence-electron chi connectivity index (χ3n) is 3.73. The molecule has 0 aromatic carbocycles. The van der Waals surface area contributed by atoms with Gasteiger partial charge in [-0.2, -0.15) is 0 Å². The standard InChI is InChI=1S/C11H19NO2/c1-12-6-8-4-3-5-9(7-12)10(8)11(13)14-2/h8-10H,3-7H2,1-2H3. The average molecular weight is 197 g/mol. The molecule has 0 aromatic rings. The number of likely N-dealkylation sites (tertiary alicyclic amines) is 1. The summed E-state index contributed by atoms with van der Waals surface area (Å²) in [6.07, 6.45) is 3.68. The highest BCUT2D eigenvalue weighted by Crippen LogP contribution is 2.39. The number of rotatable bonds is 1. The van der Waals surface area contributed by atoms with Gasteiger partial charge >= 0.3 is 5.97 Å². The van der Waals surface area contributed by atoms with Gasteiger partial charge in [0.1, 0.15) is 0 Å². The summed E-state index contributed by atoms with van der Waals surface area (Å²) in [4.78, 5) is 14.0. The van der Waals surface area contributed by atoms with Crippen molar-refractivity contribution in [2.24, 2.45) is 17.8 Å². The number of piperidine rings is 1. The van der Waals surface area contributed by atoms with Gasteiger partial charge in [-0.1, -0.05) is 6.42 Å². The van der Waals surface area contributed by atoms with Crippen molar-refractivity contribution < 1.29 is 9.53 Å². The summed E-state index contributed by atoms with van der Waals surface area (Å²) in [6, 6.07) is 0. The molecule has 1 saturated carbocycles. The highest BCUT2D eigenvalue weighted by Gasteiger charge is 2.42. The molecule has 2 atom stereocenters. The molecule has 1 aliphatic heterocycles. The maximum atomic E-state index is 11.6. The van der Waals surface area contributed by atoms with Gasteiger partial charge in [-0.3, -0.25) is 4.79 Å². The van der Waals surface area contributed by atoms with Gasteiger partial charge in [-0.05, 0) is 31.7 Å². The topological polar surface area (TPSA) is 29.5 Å². The van der Waals surface area contributed by atoms with Crippen LogP contribution in [0.15, 0.2) is 0 Å². The molecule has 2 unspecified atom stereocenters. The summed E-state index contributed by atoms with van der Waals surface area (Å²) in [7, 11) is 3.66. The van der Waals surface area contributed by atoms with Crippen molar-refractivity contribution in [1.82, 2.24) is 4.90 Å². The molecule has 2 fully saturated rings. The van der Waals surface area contributed by atoms with E-state index in [4.69, 9.17) is 4.74 Å². The highest BCUT2D eigenvalue weighted by atomic mass is 16.5. The second kappa shape index (κ2) is 3.89. The van der Waals surface area contributed by atoms with E-state index in [9.17, 15) is 4.79 Å². The summed E-state index contributed by atoms with van der Waals surface area (Å²) in [5, 5.41) is 0. The summed E-state index contributed by atoms with van der Waals surface area (Å²) < 4.78 is 4.90. The summed E-state index contributed by atoms with van der Waals surface area (Å²) in [5.74, 6) is 1.29. The van der Waals surface area contributed by atoms with Crippen LogP contribution in [0, 0.1) is 17.8 Å². The molecule has 1 heterocycles. The molecule has 80 valence electrons. The number of hydrogen-bond acceptors (Lipinski definition) is 3. The Bertz CT molecular complexity index is 215. The van der Waals surface area contributed by atoms with Crippen LogP contribution in [0.5, 0.6) is 0 Å². The Balaban J connectivity index is 2.12. The lowest BCUT2D eigenvalue weighted by molar-refractivity contribution is -0.154. The normalized spacial score (nSPS) is 38.0. The van der Waals surface area contributed by atoms with Crippen molar-refractivity contribution in [1.29, 1.82) is 0 Å². The molecule has 1 aliphatic carbocycles. The quantitative estimate of drug-likeness (QED) is 0.590. The van der Waals surface area contributed by atoms with Gasteiger partial charge < -0.3 is 9.64 Å². The second-order valence-electron chi connectivity index (χ2n) is 4.72. The van der Waals surface area contributed by atoms with E-state index >= 15 is 0 Å². The molecular weight excluding hydrogens is 178 g/mol. The fourth-order valence-electron chi connectivity index (χ4n) is 3.19. The van der Waals surface area contributed by atoms with E-state index in [1.54, 1.807) is 0 Å². The third-order valence-corrected chi connectivity index (χ3v) is 3.73. The molecule has 2 bridgehead atoms. The zero-order chi connectivity index (χ0) is 10.1. The zero-order valence-electron chi connectivity index (χ0n) is 9.03. The van der Waals surface area contributed by atoms with Crippen molar-refractivity contribution in [3.05, 3.63) is 0 Å². The molecule has 0 spiro atoms. The Hall–Kier alpha value is -0.570. The smallest absolute Gasteiger partial charge is 0.309 e. The predicted molar refractivity (Wildman–Crippen MR) is 53.8 cm³/mol. The Morgan fingerprint density at radius 1 is 1.29 bits per heavy atom. The summed E-state index contributed by atoms with van der Waals surface area (Å²) >= 11 is 0. The van der Waals surface area contributed by atoms with Crippen LogP contribution in [0.4, 0.5) is 0 Å². The first-order valence-electron chi connectivity index (χ1n) is 5.48. The van der Waals surface area contributed by atoms with Crippen molar-refractivity contribution in [2.45, 2.75) is 19.3 Å². The summed E-state index contributed by atoms with van der Waals surface area (Å²) in [6.45, 7) is 2.13. The van der Waals surface area contributed by atoms with Crippen molar-refractivity contribution in [2.75, 3.05) is 27.2 Å². The molecule has 0 aromatic heterocycles. The van der Waals surface area contributed by atoms with E-state index in [1.165, 1.54) is 26.4 Å². The van der Waals surface area contributed by atoms with Crippen LogP contribution in [-0.4, -0.2) is 38.1 Å². The molecule has 2 aliphatic rings. The number of hydrogen-bond donors (Lipinski definition) is 0. The molecule has 0 radical (unpaired) electrons. The zero-order valence-corrected chi connectivity index (χ0v) is 9.03. The molecule has 0 N–H and O–H groups in total. The van der Waals surface area contributed by atoms with E-state index in [0.29, 0.717) is 11.8 Å². The number of carbonyl (C=O) groups is 1.